The Balaban J connectivity index is 2.95. The topological polar surface area (TPSA) is 46.5 Å². The third kappa shape index (κ3) is 2.39. The molecule has 1 rings (SSSR count). The van der Waals surface area contributed by atoms with Crippen molar-refractivity contribution in [1.82, 2.24) is 0 Å². The van der Waals surface area contributed by atoms with Crippen LogP contribution in [-0.2, 0) is 4.79 Å². The third-order valence-corrected chi connectivity index (χ3v) is 2.20. The normalized spacial score (nSPS) is 12.1. The predicted octanol–water partition coefficient (Wildman–Crippen LogP) is 3.13. The van der Waals surface area contributed by atoms with E-state index in [2.05, 4.69) is 5.18 Å². The van der Waals surface area contributed by atoms with E-state index in [1.807, 2.05) is 0 Å². The molecule has 1 atom stereocenters. The number of ketones is 1. The summed E-state index contributed by atoms with van der Waals surface area (Å²) in [7, 11) is 0. The Kier molecular flexibility index (Phi) is 3.77. The molecule has 0 radical (unpaired) electrons. The zero-order valence-electron chi connectivity index (χ0n) is 7.74. The molecule has 0 aliphatic carbocycles. The van der Waals surface area contributed by atoms with Crippen molar-refractivity contribution in [3.63, 3.8) is 0 Å². The van der Waals surface area contributed by atoms with Crippen molar-refractivity contribution < 1.29 is 4.79 Å². The number of halogens is 1. The van der Waals surface area contributed by atoms with Gasteiger partial charge in [-0.05, 0) is 17.7 Å². The standard InChI is InChI=1S/C10H10ClNO2/c1-2-9(13)10(12-14)7-3-5-8(11)6-4-7/h3-6,10H,2H2,1H3. The van der Waals surface area contributed by atoms with Gasteiger partial charge in [0.25, 0.3) is 0 Å². The monoisotopic (exact) mass is 211 g/mol. The molecule has 0 fully saturated rings. The second-order valence-electron chi connectivity index (χ2n) is 2.88. The smallest absolute Gasteiger partial charge is 0.175 e. The maximum atomic E-state index is 11.3. The van der Waals surface area contributed by atoms with Gasteiger partial charge in [-0.15, -0.1) is 4.91 Å². The van der Waals surface area contributed by atoms with Crippen LogP contribution in [0.1, 0.15) is 24.9 Å². The minimum atomic E-state index is -0.891. The van der Waals surface area contributed by atoms with Gasteiger partial charge in [-0.3, -0.25) is 4.79 Å². The van der Waals surface area contributed by atoms with E-state index in [-0.39, 0.29) is 5.78 Å². The number of hydrogen-bond acceptors (Lipinski definition) is 3. The van der Waals surface area contributed by atoms with Crippen LogP contribution in [0.2, 0.25) is 5.02 Å². The molecular formula is C10H10ClNO2. The van der Waals surface area contributed by atoms with Gasteiger partial charge >= 0.3 is 0 Å². The molecule has 0 N–H and O–H groups in total. The minimum absolute atomic E-state index is 0.178. The van der Waals surface area contributed by atoms with Gasteiger partial charge < -0.3 is 0 Å². The van der Waals surface area contributed by atoms with Crippen molar-refractivity contribution in [2.24, 2.45) is 5.18 Å². The summed E-state index contributed by atoms with van der Waals surface area (Å²) < 4.78 is 0. The molecule has 0 aliphatic rings. The van der Waals surface area contributed by atoms with E-state index in [0.29, 0.717) is 17.0 Å². The van der Waals surface area contributed by atoms with Crippen molar-refractivity contribution in [2.75, 3.05) is 0 Å². The first-order valence-corrected chi connectivity index (χ1v) is 4.67. The van der Waals surface area contributed by atoms with Crippen LogP contribution >= 0.6 is 11.6 Å². The van der Waals surface area contributed by atoms with E-state index in [4.69, 9.17) is 11.6 Å². The highest BCUT2D eigenvalue weighted by atomic mass is 35.5. The Hall–Kier alpha value is -1.22. The molecule has 1 aromatic carbocycles. The Labute approximate surface area is 87.1 Å². The van der Waals surface area contributed by atoms with Gasteiger partial charge in [0.2, 0.25) is 0 Å². The lowest BCUT2D eigenvalue weighted by atomic mass is 10.0. The largest absolute Gasteiger partial charge is 0.297 e. The van der Waals surface area contributed by atoms with Gasteiger partial charge in [0.05, 0.1) is 0 Å². The quantitative estimate of drug-likeness (QED) is 0.719. The van der Waals surface area contributed by atoms with Gasteiger partial charge in [-0.25, -0.2) is 0 Å². The van der Waals surface area contributed by atoms with Crippen LogP contribution < -0.4 is 0 Å². The molecular weight excluding hydrogens is 202 g/mol. The number of Topliss-reactive ketones (excluding diaryl/α,β-unsaturated/α-hetero) is 1. The first-order valence-electron chi connectivity index (χ1n) is 4.29. The molecule has 4 heteroatoms. The molecule has 0 saturated carbocycles. The average Bonchev–Trinajstić information content (AvgIpc) is 2.21. The van der Waals surface area contributed by atoms with Crippen LogP contribution in [0.15, 0.2) is 29.4 Å². The maximum absolute atomic E-state index is 11.3. The van der Waals surface area contributed by atoms with E-state index in [9.17, 15) is 9.70 Å². The first-order chi connectivity index (χ1) is 6.69. The molecule has 0 aliphatic heterocycles. The molecule has 0 heterocycles. The third-order valence-electron chi connectivity index (χ3n) is 1.94. The summed E-state index contributed by atoms with van der Waals surface area (Å²) in [6, 6.07) is 5.66. The summed E-state index contributed by atoms with van der Waals surface area (Å²) in [4.78, 5) is 21.8. The lowest BCUT2D eigenvalue weighted by molar-refractivity contribution is -0.120. The highest BCUT2D eigenvalue weighted by Gasteiger charge is 2.18. The van der Waals surface area contributed by atoms with Crippen LogP contribution in [0.3, 0.4) is 0 Å². The van der Waals surface area contributed by atoms with Gasteiger partial charge in [0, 0.05) is 11.4 Å². The summed E-state index contributed by atoms with van der Waals surface area (Å²) in [5.74, 6) is -0.178. The van der Waals surface area contributed by atoms with E-state index in [0.717, 1.165) is 0 Å². The summed E-state index contributed by atoms with van der Waals surface area (Å²) in [6.45, 7) is 1.70. The number of rotatable bonds is 4. The number of nitrogens with zero attached hydrogens (tertiary/aromatic N) is 1. The van der Waals surface area contributed by atoms with Gasteiger partial charge in [0.1, 0.15) is 0 Å². The van der Waals surface area contributed by atoms with E-state index >= 15 is 0 Å². The number of nitroso groups, excluding NO2 is 1. The fraction of sp³-hybridized carbons (Fsp3) is 0.300. The molecule has 0 bridgehead atoms. The second-order valence-corrected chi connectivity index (χ2v) is 3.32. The molecule has 0 aromatic heterocycles. The Morgan fingerprint density at radius 3 is 2.43 bits per heavy atom. The first kappa shape index (κ1) is 10.9. The van der Waals surface area contributed by atoms with Crippen molar-refractivity contribution in [1.29, 1.82) is 0 Å². The van der Waals surface area contributed by atoms with Crippen LogP contribution in [0.4, 0.5) is 0 Å². The van der Waals surface area contributed by atoms with Crippen molar-refractivity contribution in [3.8, 4) is 0 Å². The van der Waals surface area contributed by atoms with E-state index in [1.165, 1.54) is 0 Å². The van der Waals surface area contributed by atoms with Gasteiger partial charge in [-0.2, -0.15) is 0 Å². The number of hydrogen-bond donors (Lipinski definition) is 0. The highest BCUT2D eigenvalue weighted by Crippen LogP contribution is 2.21. The minimum Gasteiger partial charge on any atom is -0.297 e. The van der Waals surface area contributed by atoms with Crippen molar-refractivity contribution >= 4 is 17.4 Å². The Morgan fingerprint density at radius 1 is 1.43 bits per heavy atom. The highest BCUT2D eigenvalue weighted by molar-refractivity contribution is 6.30. The fourth-order valence-corrected chi connectivity index (χ4v) is 1.27. The molecule has 0 spiro atoms. The number of benzene rings is 1. The Morgan fingerprint density at radius 2 is 2.00 bits per heavy atom. The fourth-order valence-electron chi connectivity index (χ4n) is 1.14. The molecule has 0 amide bonds. The summed E-state index contributed by atoms with van der Waals surface area (Å²) in [6.07, 6.45) is 0.305. The maximum Gasteiger partial charge on any atom is 0.175 e. The van der Waals surface area contributed by atoms with E-state index in [1.54, 1.807) is 31.2 Å². The van der Waals surface area contributed by atoms with Crippen molar-refractivity contribution in [3.05, 3.63) is 39.8 Å². The predicted molar refractivity (Wildman–Crippen MR) is 55.3 cm³/mol. The van der Waals surface area contributed by atoms with E-state index < -0.39 is 6.04 Å². The molecule has 1 unspecified atom stereocenters. The summed E-state index contributed by atoms with van der Waals surface area (Å²) in [5, 5.41) is 3.39. The summed E-state index contributed by atoms with van der Waals surface area (Å²) >= 11 is 5.68. The van der Waals surface area contributed by atoms with Crippen molar-refractivity contribution in [2.45, 2.75) is 19.4 Å². The lowest BCUT2D eigenvalue weighted by Gasteiger charge is -2.06. The zero-order valence-corrected chi connectivity index (χ0v) is 8.49. The molecule has 0 saturated heterocycles. The van der Waals surface area contributed by atoms with Gasteiger partial charge in [0.15, 0.2) is 11.8 Å². The summed E-state index contributed by atoms with van der Waals surface area (Å²) in [5.41, 5.74) is 0.594. The average molecular weight is 212 g/mol. The molecule has 1 aromatic rings. The number of carbonyl (C=O) groups is 1. The molecule has 74 valence electrons. The lowest BCUT2D eigenvalue weighted by Crippen LogP contribution is -2.08. The Bertz CT molecular complexity index is 334. The van der Waals surface area contributed by atoms with Gasteiger partial charge in [-0.1, -0.05) is 35.8 Å². The zero-order chi connectivity index (χ0) is 10.6. The molecule has 14 heavy (non-hydrogen) atoms. The van der Waals surface area contributed by atoms with Crippen LogP contribution in [0.25, 0.3) is 0 Å². The SMILES string of the molecule is CCC(=O)C(N=O)c1ccc(Cl)cc1. The van der Waals surface area contributed by atoms with Crippen LogP contribution in [0.5, 0.6) is 0 Å². The molecule has 3 nitrogen and oxygen atoms in total. The second kappa shape index (κ2) is 4.86. The van der Waals surface area contributed by atoms with Crippen LogP contribution in [-0.4, -0.2) is 5.78 Å². The van der Waals surface area contributed by atoms with Crippen LogP contribution in [0, 0.1) is 4.91 Å². The number of carbonyl (C=O) groups excluding carboxylic acids is 1.